The molecule has 0 spiro atoms. The summed E-state index contributed by atoms with van der Waals surface area (Å²) in [7, 11) is 0. The van der Waals surface area contributed by atoms with E-state index in [9.17, 15) is 9.59 Å². The van der Waals surface area contributed by atoms with E-state index in [-0.39, 0.29) is 11.9 Å². The van der Waals surface area contributed by atoms with Crippen LogP contribution in [-0.4, -0.2) is 49.7 Å². The van der Waals surface area contributed by atoms with Crippen LogP contribution in [0.1, 0.15) is 18.9 Å². The van der Waals surface area contributed by atoms with Crippen molar-refractivity contribution >= 4 is 29.2 Å². The Kier molecular flexibility index (Phi) is 5.48. The zero-order chi connectivity index (χ0) is 20.4. The molecule has 2 aliphatic rings. The van der Waals surface area contributed by atoms with Gasteiger partial charge in [-0.15, -0.1) is 0 Å². The van der Waals surface area contributed by atoms with E-state index in [0.29, 0.717) is 18.1 Å². The molecule has 0 saturated carbocycles. The van der Waals surface area contributed by atoms with E-state index in [1.54, 1.807) is 12.1 Å². The Morgan fingerprint density at radius 1 is 1.07 bits per heavy atom. The van der Waals surface area contributed by atoms with Crippen molar-refractivity contribution < 1.29 is 14.5 Å². The molecule has 7 heteroatoms. The largest absolute Gasteiger partial charge is 0.360 e. The summed E-state index contributed by atoms with van der Waals surface area (Å²) >= 11 is 6.14. The fourth-order valence-electron chi connectivity index (χ4n) is 4.26. The van der Waals surface area contributed by atoms with Crippen LogP contribution in [0, 0.1) is 0 Å². The second kappa shape index (κ2) is 8.05. The number of urea groups is 1. The van der Waals surface area contributed by atoms with Gasteiger partial charge in [-0.3, -0.25) is 4.79 Å². The summed E-state index contributed by atoms with van der Waals surface area (Å²) in [4.78, 5) is 31.0. The molecule has 0 unspecified atom stereocenters. The first-order valence-corrected chi connectivity index (χ1v) is 10.4. The van der Waals surface area contributed by atoms with Gasteiger partial charge in [0.25, 0.3) is 5.91 Å². The van der Waals surface area contributed by atoms with Gasteiger partial charge in [0.05, 0.1) is 26.2 Å². The van der Waals surface area contributed by atoms with E-state index in [4.69, 9.17) is 11.6 Å². The second-order valence-electron chi connectivity index (χ2n) is 7.66. The third-order valence-corrected chi connectivity index (χ3v) is 6.23. The number of benzene rings is 2. The van der Waals surface area contributed by atoms with E-state index in [1.807, 2.05) is 37.3 Å². The average molecular weight is 414 g/mol. The van der Waals surface area contributed by atoms with Gasteiger partial charge in [0, 0.05) is 10.7 Å². The number of carbonyl (C=O) groups is 2. The molecule has 3 amide bonds. The standard InChI is InChI=1S/C22H25ClN4O2/c1-2-22(17-7-6-8-18(23)15-17)20(28)27(21(29)24-22)16-25-11-13-26(14-12-25)19-9-4-3-5-10-19/h3-10,15H,2,11-14,16H2,1H3,(H,24,29)/p+1/t22-/m1/s1. The Balaban J connectivity index is 1.45. The molecule has 2 aromatic carbocycles. The first kappa shape index (κ1) is 19.7. The Morgan fingerprint density at radius 3 is 2.45 bits per heavy atom. The van der Waals surface area contributed by atoms with Crippen molar-refractivity contribution in [3.05, 3.63) is 65.2 Å². The van der Waals surface area contributed by atoms with Crippen LogP contribution in [0.2, 0.25) is 5.02 Å². The molecular formula is C22H26ClN4O2+. The molecule has 29 heavy (non-hydrogen) atoms. The lowest BCUT2D eigenvalue weighted by Crippen LogP contribution is -3.16. The summed E-state index contributed by atoms with van der Waals surface area (Å²) in [6.07, 6.45) is 0.478. The van der Waals surface area contributed by atoms with E-state index < -0.39 is 5.54 Å². The maximum Gasteiger partial charge on any atom is 0.329 e. The van der Waals surface area contributed by atoms with Crippen LogP contribution in [0.25, 0.3) is 0 Å². The van der Waals surface area contributed by atoms with Crippen molar-refractivity contribution in [2.24, 2.45) is 0 Å². The van der Waals surface area contributed by atoms with Gasteiger partial charge in [-0.25, -0.2) is 9.69 Å². The third kappa shape index (κ3) is 3.70. The highest BCUT2D eigenvalue weighted by atomic mass is 35.5. The van der Waals surface area contributed by atoms with Crippen molar-refractivity contribution in [1.82, 2.24) is 10.2 Å². The van der Waals surface area contributed by atoms with E-state index >= 15 is 0 Å². The first-order chi connectivity index (χ1) is 14.0. The Hall–Kier alpha value is -2.57. The van der Waals surface area contributed by atoms with Gasteiger partial charge < -0.3 is 15.1 Å². The van der Waals surface area contributed by atoms with Crippen molar-refractivity contribution in [3.63, 3.8) is 0 Å². The van der Waals surface area contributed by atoms with Gasteiger partial charge in [-0.05, 0) is 36.2 Å². The van der Waals surface area contributed by atoms with Crippen molar-refractivity contribution in [2.75, 3.05) is 37.7 Å². The minimum absolute atomic E-state index is 0.190. The lowest BCUT2D eigenvalue weighted by atomic mass is 9.87. The van der Waals surface area contributed by atoms with Crippen molar-refractivity contribution in [3.8, 4) is 0 Å². The number of nitrogens with zero attached hydrogens (tertiary/aromatic N) is 2. The minimum Gasteiger partial charge on any atom is -0.360 e. The Labute approximate surface area is 176 Å². The molecule has 2 fully saturated rings. The lowest BCUT2D eigenvalue weighted by molar-refractivity contribution is -0.907. The number of hydrogen-bond acceptors (Lipinski definition) is 3. The van der Waals surface area contributed by atoms with Crippen LogP contribution in [0.3, 0.4) is 0 Å². The molecule has 2 heterocycles. The summed E-state index contributed by atoms with van der Waals surface area (Å²) in [5.74, 6) is -0.190. The zero-order valence-electron chi connectivity index (χ0n) is 16.5. The molecule has 1 atom stereocenters. The Morgan fingerprint density at radius 2 is 1.79 bits per heavy atom. The number of quaternary nitrogens is 1. The molecule has 4 rings (SSSR count). The number of amides is 3. The van der Waals surface area contributed by atoms with Crippen molar-refractivity contribution in [1.29, 1.82) is 0 Å². The van der Waals surface area contributed by atoms with Gasteiger partial charge in [0.2, 0.25) is 0 Å². The number of piperazine rings is 1. The van der Waals surface area contributed by atoms with Crippen LogP contribution < -0.4 is 15.1 Å². The van der Waals surface area contributed by atoms with Gasteiger partial charge in [-0.1, -0.05) is 48.9 Å². The number of halogens is 1. The fourth-order valence-corrected chi connectivity index (χ4v) is 4.46. The summed E-state index contributed by atoms with van der Waals surface area (Å²) < 4.78 is 0. The number of hydrogen-bond donors (Lipinski definition) is 2. The highest BCUT2D eigenvalue weighted by molar-refractivity contribution is 6.30. The SMILES string of the molecule is CC[C@]1(c2cccc(Cl)c2)NC(=O)N(C[NH+]2CCN(c3ccccc3)CC2)C1=O. The number of anilines is 1. The third-order valence-electron chi connectivity index (χ3n) is 6.00. The molecule has 0 radical (unpaired) electrons. The number of para-hydroxylation sites is 1. The first-order valence-electron chi connectivity index (χ1n) is 10.1. The predicted octanol–water partition coefficient (Wildman–Crippen LogP) is 1.86. The number of rotatable bonds is 5. The lowest BCUT2D eigenvalue weighted by Gasteiger charge is -2.34. The summed E-state index contributed by atoms with van der Waals surface area (Å²) in [5, 5.41) is 3.49. The number of imide groups is 1. The smallest absolute Gasteiger partial charge is 0.329 e. The summed E-state index contributed by atoms with van der Waals surface area (Å²) in [6, 6.07) is 17.2. The maximum absolute atomic E-state index is 13.3. The quantitative estimate of drug-likeness (QED) is 0.736. The van der Waals surface area contributed by atoms with Crippen LogP contribution in [0.15, 0.2) is 54.6 Å². The fraction of sp³-hybridized carbons (Fsp3) is 0.364. The molecule has 2 N–H and O–H groups in total. The number of nitrogens with one attached hydrogen (secondary N) is 2. The minimum atomic E-state index is -1.03. The number of carbonyl (C=O) groups excluding carboxylic acids is 2. The molecule has 0 aromatic heterocycles. The molecule has 6 nitrogen and oxygen atoms in total. The highest BCUT2D eigenvalue weighted by Gasteiger charge is 2.52. The predicted molar refractivity (Wildman–Crippen MR) is 113 cm³/mol. The molecule has 2 aromatic rings. The van der Waals surface area contributed by atoms with Crippen LogP contribution in [0.4, 0.5) is 10.5 Å². The van der Waals surface area contributed by atoms with Gasteiger partial charge in [0.15, 0.2) is 6.67 Å². The summed E-state index contributed by atoms with van der Waals surface area (Å²) in [6.45, 7) is 5.85. The molecular weight excluding hydrogens is 388 g/mol. The molecule has 2 aliphatic heterocycles. The zero-order valence-corrected chi connectivity index (χ0v) is 17.3. The van der Waals surface area contributed by atoms with Gasteiger partial charge in [0.1, 0.15) is 5.54 Å². The van der Waals surface area contributed by atoms with Crippen LogP contribution >= 0.6 is 11.6 Å². The Bertz CT molecular complexity index is 899. The van der Waals surface area contributed by atoms with Gasteiger partial charge >= 0.3 is 6.03 Å². The van der Waals surface area contributed by atoms with Gasteiger partial charge in [-0.2, -0.15) is 0 Å². The summed E-state index contributed by atoms with van der Waals surface area (Å²) in [5.41, 5.74) is 0.914. The second-order valence-corrected chi connectivity index (χ2v) is 8.10. The van der Waals surface area contributed by atoms with E-state index in [1.165, 1.54) is 15.5 Å². The molecule has 0 bridgehead atoms. The monoisotopic (exact) mass is 413 g/mol. The average Bonchev–Trinajstić information content (AvgIpc) is 3.00. The van der Waals surface area contributed by atoms with Crippen LogP contribution in [0.5, 0.6) is 0 Å². The van der Waals surface area contributed by atoms with Crippen LogP contribution in [-0.2, 0) is 10.3 Å². The topological polar surface area (TPSA) is 57.1 Å². The molecule has 0 aliphatic carbocycles. The van der Waals surface area contributed by atoms with Crippen molar-refractivity contribution in [2.45, 2.75) is 18.9 Å². The normalized spacial score (nSPS) is 22.8. The maximum atomic E-state index is 13.3. The molecule has 2 saturated heterocycles. The van der Waals surface area contributed by atoms with E-state index in [0.717, 1.165) is 31.7 Å². The molecule has 152 valence electrons. The highest BCUT2D eigenvalue weighted by Crippen LogP contribution is 2.33. The van der Waals surface area contributed by atoms with E-state index in [2.05, 4.69) is 22.3 Å².